The second-order valence-corrected chi connectivity index (χ2v) is 5.34. The van der Waals surface area contributed by atoms with Crippen molar-refractivity contribution >= 4 is 38.3 Å². The zero-order chi connectivity index (χ0) is 12.5. The lowest BCUT2D eigenvalue weighted by molar-refractivity contribution is -0.121. The highest BCUT2D eigenvalue weighted by Gasteiger charge is 2.25. The van der Waals surface area contributed by atoms with Gasteiger partial charge in [0.25, 0.3) is 0 Å². The van der Waals surface area contributed by atoms with E-state index in [1.54, 1.807) is 0 Å². The Kier molecular flexibility index (Phi) is 3.06. The highest BCUT2D eigenvalue weighted by molar-refractivity contribution is 9.10. The monoisotopic (exact) mass is 304 g/mol. The highest BCUT2D eigenvalue weighted by Crippen LogP contribution is 2.30. The van der Waals surface area contributed by atoms with E-state index < -0.39 is 0 Å². The van der Waals surface area contributed by atoms with E-state index in [1.165, 1.54) is 0 Å². The smallest absolute Gasteiger partial charge is 0.230 e. The van der Waals surface area contributed by atoms with Gasteiger partial charge in [0, 0.05) is 28.6 Å². The van der Waals surface area contributed by atoms with Crippen molar-refractivity contribution in [3.63, 3.8) is 0 Å². The van der Waals surface area contributed by atoms with Crippen molar-refractivity contribution in [3.8, 4) is 0 Å². The van der Waals surface area contributed by atoms with E-state index in [2.05, 4.69) is 26.6 Å². The molecule has 0 saturated carbocycles. The molecule has 0 radical (unpaired) electrons. The lowest BCUT2D eigenvalue weighted by Gasteiger charge is -2.26. The van der Waals surface area contributed by atoms with Gasteiger partial charge >= 0.3 is 0 Å². The fourth-order valence-corrected chi connectivity index (χ4v) is 2.56. The number of rotatable bonds is 2. The van der Waals surface area contributed by atoms with Crippen molar-refractivity contribution in [1.82, 2.24) is 5.32 Å². The first-order chi connectivity index (χ1) is 8.75. The topological polar surface area (TPSA) is 41.1 Å². The molecule has 3 nitrogen and oxygen atoms in total. The Morgan fingerprint density at radius 2 is 1.89 bits per heavy atom. The second kappa shape index (κ2) is 4.71. The Bertz CT molecular complexity index is 608. The molecule has 0 aliphatic carbocycles. The van der Waals surface area contributed by atoms with Crippen LogP contribution in [0.3, 0.4) is 0 Å². The number of nitrogens with one attached hydrogen (secondary N) is 2. The molecule has 1 heterocycles. The molecule has 3 rings (SSSR count). The number of fused-ring (bicyclic) bond motifs is 1. The SMILES string of the molecule is O=C(Nc1ccc(Br)c2ccccc12)C1CNC1. The van der Waals surface area contributed by atoms with Crippen molar-refractivity contribution in [1.29, 1.82) is 0 Å². The fraction of sp³-hybridized carbons (Fsp3) is 0.214. The van der Waals surface area contributed by atoms with Crippen LogP contribution in [0.5, 0.6) is 0 Å². The predicted octanol–water partition coefficient (Wildman–Crippen LogP) is 2.76. The lowest BCUT2D eigenvalue weighted by atomic mass is 10.0. The zero-order valence-electron chi connectivity index (χ0n) is 9.74. The quantitative estimate of drug-likeness (QED) is 0.896. The Morgan fingerprint density at radius 1 is 1.17 bits per heavy atom. The van der Waals surface area contributed by atoms with Crippen LogP contribution < -0.4 is 10.6 Å². The summed E-state index contributed by atoms with van der Waals surface area (Å²) >= 11 is 3.53. The largest absolute Gasteiger partial charge is 0.325 e. The van der Waals surface area contributed by atoms with Crippen LogP contribution in [-0.4, -0.2) is 19.0 Å². The summed E-state index contributed by atoms with van der Waals surface area (Å²) in [4.78, 5) is 12.0. The van der Waals surface area contributed by atoms with Crippen molar-refractivity contribution in [2.75, 3.05) is 18.4 Å². The first kappa shape index (κ1) is 11.7. The Hall–Kier alpha value is -1.39. The molecule has 0 aromatic heterocycles. The summed E-state index contributed by atoms with van der Waals surface area (Å²) in [6, 6.07) is 12.0. The summed E-state index contributed by atoms with van der Waals surface area (Å²) in [5.41, 5.74) is 0.880. The molecule has 18 heavy (non-hydrogen) atoms. The van der Waals surface area contributed by atoms with Gasteiger partial charge in [-0.05, 0) is 17.5 Å². The number of carbonyl (C=O) groups is 1. The Morgan fingerprint density at radius 3 is 2.56 bits per heavy atom. The van der Waals surface area contributed by atoms with E-state index in [-0.39, 0.29) is 11.8 Å². The lowest BCUT2D eigenvalue weighted by Crippen LogP contribution is -2.48. The summed E-state index contributed by atoms with van der Waals surface area (Å²) in [6.45, 7) is 1.56. The van der Waals surface area contributed by atoms with E-state index in [9.17, 15) is 4.79 Å². The molecule has 4 heteroatoms. The number of benzene rings is 2. The molecular formula is C14H13BrN2O. The maximum atomic E-state index is 12.0. The minimum absolute atomic E-state index is 0.0984. The molecule has 0 unspecified atom stereocenters. The van der Waals surface area contributed by atoms with Gasteiger partial charge in [-0.2, -0.15) is 0 Å². The number of halogens is 1. The van der Waals surface area contributed by atoms with Gasteiger partial charge in [0.2, 0.25) is 5.91 Å². The van der Waals surface area contributed by atoms with Crippen LogP contribution in [0.4, 0.5) is 5.69 Å². The minimum Gasteiger partial charge on any atom is -0.325 e. The first-order valence-corrected chi connectivity index (χ1v) is 6.74. The third-order valence-corrected chi connectivity index (χ3v) is 3.97. The molecule has 2 N–H and O–H groups in total. The van der Waals surface area contributed by atoms with Gasteiger partial charge in [-0.25, -0.2) is 0 Å². The predicted molar refractivity (Wildman–Crippen MR) is 76.6 cm³/mol. The molecule has 1 amide bonds. The molecular weight excluding hydrogens is 292 g/mol. The van der Waals surface area contributed by atoms with Crippen LogP contribution in [0.1, 0.15) is 0 Å². The maximum Gasteiger partial charge on any atom is 0.230 e. The van der Waals surface area contributed by atoms with Gasteiger partial charge in [0.05, 0.1) is 5.92 Å². The second-order valence-electron chi connectivity index (χ2n) is 4.48. The number of hydrogen-bond donors (Lipinski definition) is 2. The molecule has 0 atom stereocenters. The van der Waals surface area contributed by atoms with E-state index in [0.717, 1.165) is 34.0 Å². The molecule has 1 aliphatic rings. The Balaban J connectivity index is 1.96. The van der Waals surface area contributed by atoms with Gasteiger partial charge < -0.3 is 10.6 Å². The molecule has 0 bridgehead atoms. The van der Waals surface area contributed by atoms with Gasteiger partial charge in [-0.15, -0.1) is 0 Å². The molecule has 92 valence electrons. The number of hydrogen-bond acceptors (Lipinski definition) is 2. The molecule has 2 aromatic carbocycles. The van der Waals surface area contributed by atoms with Gasteiger partial charge in [-0.1, -0.05) is 40.2 Å². The molecule has 1 fully saturated rings. The van der Waals surface area contributed by atoms with E-state index in [1.807, 2.05) is 36.4 Å². The molecule has 1 aliphatic heterocycles. The minimum atomic E-state index is 0.0984. The maximum absolute atomic E-state index is 12.0. The van der Waals surface area contributed by atoms with Gasteiger partial charge in [0.1, 0.15) is 0 Å². The van der Waals surface area contributed by atoms with E-state index >= 15 is 0 Å². The van der Waals surface area contributed by atoms with Crippen molar-refractivity contribution < 1.29 is 4.79 Å². The van der Waals surface area contributed by atoms with Crippen molar-refractivity contribution in [2.45, 2.75) is 0 Å². The van der Waals surface area contributed by atoms with E-state index in [4.69, 9.17) is 0 Å². The van der Waals surface area contributed by atoms with Crippen LogP contribution in [0.2, 0.25) is 0 Å². The molecule has 1 saturated heterocycles. The third kappa shape index (κ3) is 2.02. The summed E-state index contributed by atoms with van der Waals surface area (Å²) in [6.07, 6.45) is 0. The summed E-state index contributed by atoms with van der Waals surface area (Å²) in [5, 5.41) is 8.30. The van der Waals surface area contributed by atoms with Gasteiger partial charge in [-0.3, -0.25) is 4.79 Å². The van der Waals surface area contributed by atoms with Crippen LogP contribution in [0, 0.1) is 5.92 Å². The van der Waals surface area contributed by atoms with E-state index in [0.29, 0.717) is 0 Å². The summed E-state index contributed by atoms with van der Waals surface area (Å²) in [5.74, 6) is 0.202. The number of amides is 1. The average molecular weight is 305 g/mol. The van der Waals surface area contributed by atoms with Gasteiger partial charge in [0.15, 0.2) is 0 Å². The normalized spacial score (nSPS) is 15.4. The fourth-order valence-electron chi connectivity index (χ4n) is 2.08. The number of anilines is 1. The summed E-state index contributed by atoms with van der Waals surface area (Å²) < 4.78 is 1.04. The average Bonchev–Trinajstić information content (AvgIpc) is 2.31. The third-order valence-electron chi connectivity index (χ3n) is 3.28. The zero-order valence-corrected chi connectivity index (χ0v) is 11.3. The molecule has 0 spiro atoms. The van der Waals surface area contributed by atoms with Crippen molar-refractivity contribution in [3.05, 3.63) is 40.9 Å². The van der Waals surface area contributed by atoms with Crippen molar-refractivity contribution in [2.24, 2.45) is 5.92 Å². The highest BCUT2D eigenvalue weighted by atomic mass is 79.9. The Labute approximate surface area is 114 Å². The standard InChI is InChI=1S/C14H13BrN2O/c15-12-5-6-13(11-4-2-1-3-10(11)12)17-14(18)9-7-16-8-9/h1-6,9,16H,7-8H2,(H,17,18). The first-order valence-electron chi connectivity index (χ1n) is 5.94. The number of carbonyl (C=O) groups excluding carboxylic acids is 1. The molecule has 2 aromatic rings. The van der Waals surface area contributed by atoms with Crippen LogP contribution in [-0.2, 0) is 4.79 Å². The summed E-state index contributed by atoms with van der Waals surface area (Å²) in [7, 11) is 0. The van der Waals surface area contributed by atoms with Crippen LogP contribution in [0.15, 0.2) is 40.9 Å². The van der Waals surface area contributed by atoms with Crippen LogP contribution >= 0.6 is 15.9 Å². The van der Waals surface area contributed by atoms with Crippen LogP contribution in [0.25, 0.3) is 10.8 Å².